The Labute approximate surface area is 607 Å². The molecule has 6 atom stereocenters. The first-order valence-corrected chi connectivity index (χ1v) is 44.5. The smallest absolute Gasteiger partial charge is 0.462 e. The van der Waals surface area contributed by atoms with Gasteiger partial charge in [-0.1, -0.05) is 369 Å². The van der Waals surface area contributed by atoms with Crippen molar-refractivity contribution < 1.29 is 80.2 Å². The second-order valence-corrected chi connectivity index (χ2v) is 32.4. The molecule has 0 heterocycles. The van der Waals surface area contributed by atoms with E-state index in [4.69, 9.17) is 37.0 Å². The Bertz CT molecular complexity index is 1910. The van der Waals surface area contributed by atoms with E-state index in [-0.39, 0.29) is 25.7 Å². The summed E-state index contributed by atoms with van der Waals surface area (Å²) in [5.74, 6) is -0.665. The second-order valence-electron chi connectivity index (χ2n) is 29.5. The van der Waals surface area contributed by atoms with Crippen LogP contribution >= 0.6 is 15.6 Å². The minimum Gasteiger partial charge on any atom is -0.462 e. The maximum atomic E-state index is 13.1. The van der Waals surface area contributed by atoms with Crippen molar-refractivity contribution in [1.29, 1.82) is 0 Å². The minimum absolute atomic E-state index is 0.104. The normalized spacial score (nSPS) is 14.2. The van der Waals surface area contributed by atoms with Crippen LogP contribution in [0.3, 0.4) is 0 Å². The summed E-state index contributed by atoms with van der Waals surface area (Å²) in [5.41, 5.74) is 0. The molecule has 0 aliphatic heterocycles. The lowest BCUT2D eigenvalue weighted by molar-refractivity contribution is -0.161. The SMILES string of the molecule is CCCCCCCCCCCCCCCCCCCCCCC(=O)O[C@H](COC(=O)CCCCCCCCCCCCCCCCCCCC)COP(=O)(O)OC[C@@H](O)COP(=O)(O)OC[C@@H](COC(=O)CCCCCCCCC(C)CC)OC(=O)CCCCCCCCCCC(C)C. The van der Waals surface area contributed by atoms with Crippen LogP contribution in [0.4, 0.5) is 0 Å². The molecule has 99 heavy (non-hydrogen) atoms. The molecule has 0 amide bonds. The van der Waals surface area contributed by atoms with Crippen LogP contribution in [-0.2, 0) is 65.4 Å². The van der Waals surface area contributed by atoms with E-state index in [0.717, 1.165) is 108 Å². The Kier molecular flexibility index (Phi) is 70.3. The quantitative estimate of drug-likeness (QED) is 0.0222. The number of unbranched alkanes of at least 4 members (excludes halogenated alkanes) is 48. The zero-order valence-electron chi connectivity index (χ0n) is 64.8. The van der Waals surface area contributed by atoms with E-state index >= 15 is 0 Å². The number of esters is 4. The van der Waals surface area contributed by atoms with Crippen molar-refractivity contribution in [3.63, 3.8) is 0 Å². The van der Waals surface area contributed by atoms with Gasteiger partial charge in [-0.25, -0.2) is 9.13 Å². The molecular weight excluding hydrogens is 1290 g/mol. The number of aliphatic hydroxyl groups excluding tert-OH is 1. The number of carbonyl (C=O) groups excluding carboxylic acids is 4. The minimum atomic E-state index is -4.96. The molecule has 0 aliphatic carbocycles. The maximum Gasteiger partial charge on any atom is 0.472 e. The summed E-state index contributed by atoms with van der Waals surface area (Å²) in [6.45, 7) is 9.54. The molecule has 0 aliphatic rings. The lowest BCUT2D eigenvalue weighted by Crippen LogP contribution is -2.30. The van der Waals surface area contributed by atoms with Gasteiger partial charge in [-0.3, -0.25) is 37.3 Å². The molecule has 19 heteroatoms. The third-order valence-corrected chi connectivity index (χ3v) is 21.0. The molecular formula is C80H156O17P2. The van der Waals surface area contributed by atoms with Gasteiger partial charge in [0.15, 0.2) is 12.2 Å². The van der Waals surface area contributed by atoms with Crippen LogP contribution in [-0.4, -0.2) is 96.7 Å². The highest BCUT2D eigenvalue weighted by Crippen LogP contribution is 2.45. The van der Waals surface area contributed by atoms with Gasteiger partial charge in [0.05, 0.1) is 26.4 Å². The van der Waals surface area contributed by atoms with E-state index in [1.54, 1.807) is 0 Å². The van der Waals surface area contributed by atoms with E-state index in [1.165, 1.54) is 231 Å². The van der Waals surface area contributed by atoms with Crippen LogP contribution in [0.15, 0.2) is 0 Å². The molecule has 0 saturated carbocycles. The second kappa shape index (κ2) is 71.7. The van der Waals surface area contributed by atoms with Crippen molar-refractivity contribution in [3.05, 3.63) is 0 Å². The number of carbonyl (C=O) groups is 4. The molecule has 0 saturated heterocycles. The predicted molar refractivity (Wildman–Crippen MR) is 405 cm³/mol. The summed E-state index contributed by atoms with van der Waals surface area (Å²) in [4.78, 5) is 72.9. The summed E-state index contributed by atoms with van der Waals surface area (Å²) in [7, 11) is -9.92. The van der Waals surface area contributed by atoms with E-state index < -0.39 is 97.5 Å². The topological polar surface area (TPSA) is 237 Å². The summed E-state index contributed by atoms with van der Waals surface area (Å²) < 4.78 is 68.6. The molecule has 0 aromatic carbocycles. The fraction of sp³-hybridized carbons (Fsp3) is 0.950. The molecule has 0 spiro atoms. The van der Waals surface area contributed by atoms with Gasteiger partial charge in [0, 0.05) is 25.7 Å². The first-order chi connectivity index (χ1) is 47.9. The van der Waals surface area contributed by atoms with Gasteiger partial charge in [-0.15, -0.1) is 0 Å². The van der Waals surface area contributed by atoms with Crippen molar-refractivity contribution in [2.75, 3.05) is 39.6 Å². The molecule has 0 radical (unpaired) electrons. The zero-order chi connectivity index (χ0) is 72.8. The number of hydrogen-bond donors (Lipinski definition) is 3. The van der Waals surface area contributed by atoms with Crippen molar-refractivity contribution in [2.45, 2.75) is 439 Å². The van der Waals surface area contributed by atoms with Crippen LogP contribution < -0.4 is 0 Å². The van der Waals surface area contributed by atoms with Crippen LogP contribution in [0.25, 0.3) is 0 Å². The number of phosphoric ester groups is 2. The molecule has 17 nitrogen and oxygen atoms in total. The largest absolute Gasteiger partial charge is 0.472 e. The highest BCUT2D eigenvalue weighted by atomic mass is 31.2. The van der Waals surface area contributed by atoms with Gasteiger partial charge in [-0.2, -0.15) is 0 Å². The molecule has 3 N–H and O–H groups in total. The van der Waals surface area contributed by atoms with Crippen molar-refractivity contribution in [3.8, 4) is 0 Å². The molecule has 0 fully saturated rings. The van der Waals surface area contributed by atoms with E-state index in [0.29, 0.717) is 25.7 Å². The average Bonchev–Trinajstić information content (AvgIpc) is 1.15. The Morgan fingerprint density at radius 1 is 0.293 bits per heavy atom. The third-order valence-electron chi connectivity index (χ3n) is 19.1. The van der Waals surface area contributed by atoms with E-state index in [1.807, 2.05) is 0 Å². The molecule has 0 bridgehead atoms. The predicted octanol–water partition coefficient (Wildman–Crippen LogP) is 23.9. The van der Waals surface area contributed by atoms with E-state index in [9.17, 15) is 43.2 Å². The maximum absolute atomic E-state index is 13.1. The Morgan fingerprint density at radius 3 is 0.768 bits per heavy atom. The lowest BCUT2D eigenvalue weighted by atomic mass is 10.00. The van der Waals surface area contributed by atoms with Gasteiger partial charge < -0.3 is 33.8 Å². The number of hydrogen-bond acceptors (Lipinski definition) is 15. The van der Waals surface area contributed by atoms with Gasteiger partial charge in [0.2, 0.25) is 0 Å². The molecule has 3 unspecified atom stereocenters. The zero-order valence-corrected chi connectivity index (χ0v) is 66.6. The fourth-order valence-corrected chi connectivity index (χ4v) is 13.9. The van der Waals surface area contributed by atoms with Gasteiger partial charge in [-0.05, 0) is 37.5 Å². The van der Waals surface area contributed by atoms with Crippen LogP contribution in [0.5, 0.6) is 0 Å². The van der Waals surface area contributed by atoms with Gasteiger partial charge >= 0.3 is 39.5 Å². The van der Waals surface area contributed by atoms with Gasteiger partial charge in [0.1, 0.15) is 19.3 Å². The molecule has 0 rings (SSSR count). The molecule has 0 aromatic heterocycles. The van der Waals surface area contributed by atoms with E-state index in [2.05, 4.69) is 41.5 Å². The highest BCUT2D eigenvalue weighted by Gasteiger charge is 2.30. The summed E-state index contributed by atoms with van der Waals surface area (Å²) in [6.07, 6.45) is 61.3. The number of rotatable bonds is 79. The first kappa shape index (κ1) is 97.1. The monoisotopic (exact) mass is 1450 g/mol. The number of ether oxygens (including phenoxy) is 4. The standard InChI is InChI=1S/C80H156O17P2/c1-7-10-12-14-16-18-20-22-24-26-28-29-31-33-35-37-39-44-52-58-64-79(84)96-75(68-90-77(82)62-56-50-43-38-36-34-32-30-27-25-23-21-19-17-15-13-11-8-2)70-94-98(86,87)92-66-74(81)67-93-99(88,89)95-71-76(69-91-78(83)63-57-51-47-46-49-55-61-73(6)9-3)97-80(85)65-59-53-45-41-40-42-48-54-60-72(4)5/h72-76,81H,7-71H2,1-6H3,(H,86,87)(H,88,89)/t73?,74-,75-,76-/m1/s1. The fourth-order valence-electron chi connectivity index (χ4n) is 12.3. The number of phosphoric acid groups is 2. The Hall–Kier alpha value is -1.94. The Morgan fingerprint density at radius 2 is 0.515 bits per heavy atom. The van der Waals surface area contributed by atoms with Crippen molar-refractivity contribution in [2.24, 2.45) is 11.8 Å². The van der Waals surface area contributed by atoms with Gasteiger partial charge in [0.25, 0.3) is 0 Å². The summed E-state index contributed by atoms with van der Waals surface area (Å²) in [6, 6.07) is 0. The van der Waals surface area contributed by atoms with Crippen molar-refractivity contribution in [1.82, 2.24) is 0 Å². The highest BCUT2D eigenvalue weighted by molar-refractivity contribution is 7.47. The third kappa shape index (κ3) is 72.8. The summed E-state index contributed by atoms with van der Waals surface area (Å²) >= 11 is 0. The number of aliphatic hydroxyl groups is 1. The molecule has 588 valence electrons. The molecule has 0 aromatic rings. The summed E-state index contributed by atoms with van der Waals surface area (Å²) in [5, 5.41) is 10.6. The average molecular weight is 1450 g/mol. The lowest BCUT2D eigenvalue weighted by Gasteiger charge is -2.21. The Balaban J connectivity index is 5.21. The van der Waals surface area contributed by atoms with Crippen LogP contribution in [0.1, 0.15) is 420 Å². The first-order valence-electron chi connectivity index (χ1n) is 41.5. The van der Waals surface area contributed by atoms with Crippen LogP contribution in [0.2, 0.25) is 0 Å². The van der Waals surface area contributed by atoms with Crippen LogP contribution in [0, 0.1) is 11.8 Å². The van der Waals surface area contributed by atoms with Crippen molar-refractivity contribution >= 4 is 39.5 Å².